The van der Waals surface area contributed by atoms with Crippen LogP contribution >= 0.6 is 11.8 Å². The molecule has 4 atom stereocenters. The highest BCUT2D eigenvalue weighted by atomic mass is 32.2. The van der Waals surface area contributed by atoms with Crippen molar-refractivity contribution in [1.82, 2.24) is 21.3 Å². The Hall–Kier alpha value is -3.07. The van der Waals surface area contributed by atoms with Gasteiger partial charge in [0.15, 0.2) is 5.96 Å². The summed E-state index contributed by atoms with van der Waals surface area (Å²) in [4.78, 5) is 64.8. The maximum Gasteiger partial charge on any atom is 0.326 e. The summed E-state index contributed by atoms with van der Waals surface area (Å²) in [5.74, 6) is -4.35. The van der Waals surface area contributed by atoms with Gasteiger partial charge in [-0.2, -0.15) is 11.8 Å². The van der Waals surface area contributed by atoms with Crippen LogP contribution < -0.4 is 32.7 Å². The van der Waals surface area contributed by atoms with Gasteiger partial charge in [-0.05, 0) is 50.7 Å². The van der Waals surface area contributed by atoms with Crippen molar-refractivity contribution in [3.05, 3.63) is 0 Å². The number of aliphatic imine (C=N–C) groups is 1. The van der Waals surface area contributed by atoms with Crippen molar-refractivity contribution in [2.24, 2.45) is 16.5 Å². The highest BCUT2D eigenvalue weighted by Gasteiger charge is 2.32. The van der Waals surface area contributed by atoms with E-state index in [2.05, 4.69) is 26.3 Å². The Morgan fingerprint density at radius 3 is 2.23 bits per heavy atom. The van der Waals surface area contributed by atoms with E-state index >= 15 is 0 Å². The lowest BCUT2D eigenvalue weighted by atomic mass is 10.1. The third-order valence-electron chi connectivity index (χ3n) is 5.19. The summed E-state index contributed by atoms with van der Waals surface area (Å²) in [5, 5.41) is 28.9. The molecule has 1 aliphatic rings. The summed E-state index contributed by atoms with van der Waals surface area (Å²) in [6.45, 7) is 0.784. The van der Waals surface area contributed by atoms with Crippen LogP contribution in [0.15, 0.2) is 4.99 Å². The average Bonchev–Trinajstić information content (AvgIpc) is 3.32. The molecular formula is C20H35N7O7S. The van der Waals surface area contributed by atoms with Crippen molar-refractivity contribution < 1.29 is 34.2 Å². The molecular weight excluding hydrogens is 482 g/mol. The molecule has 1 saturated heterocycles. The van der Waals surface area contributed by atoms with Crippen molar-refractivity contribution >= 4 is 47.4 Å². The minimum absolute atomic E-state index is 0.0428. The predicted molar refractivity (Wildman–Crippen MR) is 130 cm³/mol. The largest absolute Gasteiger partial charge is 0.481 e. The van der Waals surface area contributed by atoms with Crippen LogP contribution in [0.25, 0.3) is 0 Å². The number of carbonyl (C=O) groups is 5. The van der Waals surface area contributed by atoms with Crippen LogP contribution in [-0.4, -0.2) is 95.1 Å². The zero-order valence-corrected chi connectivity index (χ0v) is 20.4. The fourth-order valence-corrected chi connectivity index (χ4v) is 3.85. The van der Waals surface area contributed by atoms with Crippen molar-refractivity contribution in [1.29, 1.82) is 0 Å². The zero-order chi connectivity index (χ0) is 26.4. The number of carboxylic acid groups (broad SMARTS) is 2. The lowest BCUT2D eigenvalue weighted by Gasteiger charge is -2.24. The number of aliphatic carboxylic acids is 2. The molecule has 35 heavy (non-hydrogen) atoms. The standard InChI is InChI=1S/C20H35N7O7S/c1-35-9-6-13(19(33)34)26-17(31)12(5-3-8-24-20(21)22)25-18(32)14(10-15(28)29)27-16(30)11-4-2-7-23-11/h11-14,23H,2-10H2,1H3,(H,25,32)(H,26,31)(H,27,30)(H,28,29)(H,33,34)(H4,21,22,24). The van der Waals surface area contributed by atoms with Crippen LogP contribution in [0, 0.1) is 0 Å². The Kier molecular flexibility index (Phi) is 13.5. The van der Waals surface area contributed by atoms with Gasteiger partial charge in [-0.15, -0.1) is 0 Å². The van der Waals surface area contributed by atoms with Gasteiger partial charge in [0.1, 0.15) is 18.1 Å². The Morgan fingerprint density at radius 2 is 1.69 bits per heavy atom. The summed E-state index contributed by atoms with van der Waals surface area (Å²) >= 11 is 1.41. The summed E-state index contributed by atoms with van der Waals surface area (Å²) in [5.41, 5.74) is 10.6. The number of carbonyl (C=O) groups excluding carboxylic acids is 3. The summed E-state index contributed by atoms with van der Waals surface area (Å²) in [7, 11) is 0. The number of nitrogens with two attached hydrogens (primary N) is 2. The first-order chi connectivity index (χ1) is 16.5. The van der Waals surface area contributed by atoms with Crippen LogP contribution in [0.5, 0.6) is 0 Å². The molecule has 1 aliphatic heterocycles. The van der Waals surface area contributed by atoms with Gasteiger partial charge in [0, 0.05) is 6.54 Å². The smallest absolute Gasteiger partial charge is 0.326 e. The number of carboxylic acids is 2. The van der Waals surface area contributed by atoms with Gasteiger partial charge in [-0.1, -0.05) is 0 Å². The highest BCUT2D eigenvalue weighted by Crippen LogP contribution is 2.08. The van der Waals surface area contributed by atoms with Crippen LogP contribution in [0.3, 0.4) is 0 Å². The molecule has 1 heterocycles. The zero-order valence-electron chi connectivity index (χ0n) is 19.6. The number of guanidine groups is 1. The van der Waals surface area contributed by atoms with Gasteiger partial charge in [0.25, 0.3) is 0 Å². The van der Waals surface area contributed by atoms with E-state index in [0.717, 1.165) is 6.42 Å². The Balaban J connectivity index is 2.96. The predicted octanol–water partition coefficient (Wildman–Crippen LogP) is -2.44. The molecule has 1 fully saturated rings. The van der Waals surface area contributed by atoms with E-state index in [4.69, 9.17) is 11.5 Å². The molecule has 0 aromatic carbocycles. The normalized spacial score (nSPS) is 17.5. The summed E-state index contributed by atoms with van der Waals surface area (Å²) < 4.78 is 0. The van der Waals surface area contributed by atoms with E-state index in [1.54, 1.807) is 6.26 Å². The van der Waals surface area contributed by atoms with E-state index in [1.165, 1.54) is 11.8 Å². The molecule has 14 nitrogen and oxygen atoms in total. The topological polar surface area (TPSA) is 238 Å². The molecule has 3 amide bonds. The number of amides is 3. The van der Waals surface area contributed by atoms with E-state index < -0.39 is 60.2 Å². The minimum Gasteiger partial charge on any atom is -0.481 e. The molecule has 198 valence electrons. The van der Waals surface area contributed by atoms with Crippen molar-refractivity contribution in [3.63, 3.8) is 0 Å². The molecule has 0 saturated carbocycles. The second kappa shape index (κ2) is 15.8. The van der Waals surface area contributed by atoms with Crippen molar-refractivity contribution in [3.8, 4) is 0 Å². The van der Waals surface area contributed by atoms with Gasteiger partial charge in [0.2, 0.25) is 17.7 Å². The number of nitrogens with one attached hydrogen (secondary N) is 4. The molecule has 10 N–H and O–H groups in total. The van der Waals surface area contributed by atoms with E-state index in [-0.39, 0.29) is 31.8 Å². The quantitative estimate of drug-likeness (QED) is 0.0607. The first-order valence-corrected chi connectivity index (χ1v) is 12.6. The number of thioether (sulfide) groups is 1. The minimum atomic E-state index is -1.43. The molecule has 4 unspecified atom stereocenters. The Bertz CT molecular complexity index is 786. The molecule has 0 radical (unpaired) electrons. The van der Waals surface area contributed by atoms with Gasteiger partial charge in [0.05, 0.1) is 12.5 Å². The van der Waals surface area contributed by atoms with E-state index in [1.807, 2.05) is 0 Å². The molecule has 15 heteroatoms. The van der Waals surface area contributed by atoms with Crippen LogP contribution in [0.4, 0.5) is 0 Å². The van der Waals surface area contributed by atoms with Crippen molar-refractivity contribution in [2.75, 3.05) is 25.1 Å². The van der Waals surface area contributed by atoms with Gasteiger partial charge >= 0.3 is 11.9 Å². The maximum atomic E-state index is 12.9. The maximum absolute atomic E-state index is 12.9. The highest BCUT2D eigenvalue weighted by molar-refractivity contribution is 7.98. The SMILES string of the molecule is CSCCC(NC(=O)C(CCCN=C(N)N)NC(=O)C(CC(=O)O)NC(=O)C1CCCN1)C(=O)O. The van der Waals surface area contributed by atoms with E-state index in [0.29, 0.717) is 18.7 Å². The summed E-state index contributed by atoms with van der Waals surface area (Å²) in [6.07, 6.45) is 2.90. The monoisotopic (exact) mass is 517 g/mol. The van der Waals surface area contributed by atoms with Crippen LogP contribution in [-0.2, 0) is 24.0 Å². The number of hydrogen-bond donors (Lipinski definition) is 8. The fraction of sp³-hybridized carbons (Fsp3) is 0.700. The average molecular weight is 518 g/mol. The Morgan fingerprint density at radius 1 is 1.03 bits per heavy atom. The fourth-order valence-electron chi connectivity index (χ4n) is 3.37. The first-order valence-electron chi connectivity index (χ1n) is 11.2. The third-order valence-corrected chi connectivity index (χ3v) is 5.84. The second-order valence-corrected chi connectivity index (χ2v) is 8.98. The lowest BCUT2D eigenvalue weighted by Crippen LogP contribution is -2.57. The Labute approximate surface area is 207 Å². The van der Waals surface area contributed by atoms with Crippen molar-refractivity contribution in [2.45, 2.75) is 62.7 Å². The number of rotatable bonds is 16. The van der Waals surface area contributed by atoms with Gasteiger partial charge < -0.3 is 42.9 Å². The number of hydrogen-bond acceptors (Lipinski definition) is 8. The molecule has 1 rings (SSSR count). The molecule has 0 aliphatic carbocycles. The second-order valence-electron chi connectivity index (χ2n) is 8.00. The van der Waals surface area contributed by atoms with Gasteiger partial charge in [-0.3, -0.25) is 24.2 Å². The van der Waals surface area contributed by atoms with Crippen LogP contribution in [0.1, 0.15) is 38.5 Å². The van der Waals surface area contributed by atoms with Crippen LogP contribution in [0.2, 0.25) is 0 Å². The lowest BCUT2D eigenvalue weighted by molar-refractivity contribution is -0.143. The first kappa shape index (κ1) is 30.0. The molecule has 0 aromatic heterocycles. The summed E-state index contributed by atoms with van der Waals surface area (Å²) in [6, 6.07) is -4.34. The molecule has 0 aromatic rings. The number of nitrogens with zero attached hydrogens (tertiary/aromatic N) is 1. The molecule has 0 bridgehead atoms. The van der Waals surface area contributed by atoms with E-state index in [9.17, 15) is 34.2 Å². The van der Waals surface area contributed by atoms with Gasteiger partial charge in [-0.25, -0.2) is 4.79 Å². The third kappa shape index (κ3) is 11.8. The molecule has 0 spiro atoms.